The van der Waals surface area contributed by atoms with Crippen molar-refractivity contribution in [3.05, 3.63) is 72.3 Å². The van der Waals surface area contributed by atoms with E-state index in [1.807, 2.05) is 34.9 Å². The van der Waals surface area contributed by atoms with Crippen LogP contribution < -0.4 is 24.4 Å². The summed E-state index contributed by atoms with van der Waals surface area (Å²) in [7, 11) is 4.61. The van der Waals surface area contributed by atoms with Crippen LogP contribution in [-0.4, -0.2) is 59.4 Å². The molecule has 1 aromatic heterocycles. The Bertz CT molecular complexity index is 1550. The second kappa shape index (κ2) is 11.3. The van der Waals surface area contributed by atoms with Crippen molar-refractivity contribution in [2.45, 2.75) is 5.16 Å². The highest BCUT2D eigenvalue weighted by Crippen LogP contribution is 2.41. The van der Waals surface area contributed by atoms with Gasteiger partial charge in [-0.1, -0.05) is 42.1 Å². The average Bonchev–Trinajstić information content (AvgIpc) is 3.54. The predicted molar refractivity (Wildman–Crippen MR) is 144 cm³/mol. The van der Waals surface area contributed by atoms with Crippen LogP contribution in [0.4, 0.5) is 0 Å². The maximum Gasteiger partial charge on any atom is 0.364 e. The predicted octanol–water partition coefficient (Wildman–Crippen LogP) is 3.49. The number of nitrogens with zero attached hydrogens (tertiary/aromatic N) is 4. The van der Waals surface area contributed by atoms with E-state index in [0.29, 0.717) is 45.1 Å². The van der Waals surface area contributed by atoms with E-state index in [-0.39, 0.29) is 11.5 Å². The zero-order chi connectivity index (χ0) is 27.4. The number of amides is 1. The fraction of sp³-hybridized carbons (Fsp3) is 0.148. The minimum absolute atomic E-state index is 0.0340. The molecule has 0 saturated carbocycles. The maximum atomic E-state index is 12.7. The Morgan fingerprint density at radius 3 is 2.36 bits per heavy atom. The van der Waals surface area contributed by atoms with Crippen molar-refractivity contribution in [3.63, 3.8) is 0 Å². The van der Waals surface area contributed by atoms with Crippen LogP contribution in [0.3, 0.4) is 0 Å². The highest BCUT2D eigenvalue weighted by Gasteiger charge is 2.29. The number of hydrogen-bond donors (Lipinski definition) is 1. The molecule has 0 spiro atoms. The third kappa shape index (κ3) is 5.14. The summed E-state index contributed by atoms with van der Waals surface area (Å²) in [5.41, 5.74) is 4.45. The number of para-hydroxylation sites is 2. The molecule has 39 heavy (non-hydrogen) atoms. The molecule has 1 aliphatic rings. The lowest BCUT2D eigenvalue weighted by Crippen LogP contribution is -2.24. The highest BCUT2D eigenvalue weighted by atomic mass is 32.2. The second-order valence-corrected chi connectivity index (χ2v) is 9.00. The lowest BCUT2D eigenvalue weighted by atomic mass is 10.1. The maximum absolute atomic E-state index is 12.7. The number of fused-ring (bicyclic) bond motifs is 1. The van der Waals surface area contributed by atoms with Crippen molar-refractivity contribution < 1.29 is 28.5 Å². The molecule has 4 aromatic rings. The molecular formula is C27H23N5O6S. The highest BCUT2D eigenvalue weighted by molar-refractivity contribution is 7.99. The fourth-order valence-corrected chi connectivity index (χ4v) is 4.71. The van der Waals surface area contributed by atoms with Crippen LogP contribution >= 0.6 is 11.8 Å². The molecule has 1 amide bonds. The van der Waals surface area contributed by atoms with Crippen LogP contribution in [0, 0.1) is 0 Å². The van der Waals surface area contributed by atoms with Crippen molar-refractivity contribution >= 4 is 29.4 Å². The van der Waals surface area contributed by atoms with Crippen LogP contribution in [0.15, 0.2) is 77.0 Å². The van der Waals surface area contributed by atoms with Crippen LogP contribution in [0.5, 0.6) is 23.0 Å². The Morgan fingerprint density at radius 1 is 0.974 bits per heavy atom. The molecule has 0 saturated heterocycles. The average molecular weight is 546 g/mol. The number of hydrazone groups is 1. The number of thioether (sulfide) groups is 1. The molecule has 1 aliphatic heterocycles. The summed E-state index contributed by atoms with van der Waals surface area (Å²) >= 11 is 1.17. The van der Waals surface area contributed by atoms with Gasteiger partial charge in [0.05, 0.1) is 32.6 Å². The summed E-state index contributed by atoms with van der Waals surface area (Å²) in [6, 6.07) is 19.9. The molecule has 12 heteroatoms. The molecule has 0 fully saturated rings. The number of carbonyl (C=O) groups is 2. The number of ether oxygens (including phenoxy) is 4. The minimum atomic E-state index is -0.622. The molecular weight excluding hydrogens is 522 g/mol. The van der Waals surface area contributed by atoms with Gasteiger partial charge in [-0.15, -0.1) is 10.2 Å². The molecule has 0 bridgehead atoms. The first-order valence-corrected chi connectivity index (χ1v) is 12.6. The molecule has 2 heterocycles. The Balaban J connectivity index is 1.42. The summed E-state index contributed by atoms with van der Waals surface area (Å²) in [5.74, 6) is 1.21. The molecule has 1 N–H and O–H groups in total. The number of methoxy groups -OCH3 is 3. The summed E-state index contributed by atoms with van der Waals surface area (Å²) in [5, 5.41) is 13.2. The summed E-state index contributed by atoms with van der Waals surface area (Å²) in [4.78, 5) is 24.8. The van der Waals surface area contributed by atoms with E-state index in [0.717, 1.165) is 5.69 Å². The smallest absolute Gasteiger partial charge is 0.364 e. The standard InChI is InChI=1S/C27H23N5O6S/c1-35-20-13-16(14-21(36-2)24(20)37-3)25-30-31-27(32(25)17-9-5-4-6-10-17)39-15-22(33)28-29-23-18-11-7-8-12-19(18)38-26(23)34/h4-14H,15H2,1-3H3,(H,28,33)/b29-23-. The van der Waals surface area contributed by atoms with Gasteiger partial charge in [0, 0.05) is 11.3 Å². The van der Waals surface area contributed by atoms with Crippen molar-refractivity contribution in [1.82, 2.24) is 20.2 Å². The zero-order valence-corrected chi connectivity index (χ0v) is 22.0. The van der Waals surface area contributed by atoms with Crippen LogP contribution in [0.2, 0.25) is 0 Å². The number of rotatable bonds is 9. The van der Waals surface area contributed by atoms with Gasteiger partial charge < -0.3 is 18.9 Å². The lowest BCUT2D eigenvalue weighted by molar-refractivity contribution is -0.126. The Labute approximate surface area is 227 Å². The number of carbonyl (C=O) groups excluding carboxylic acids is 2. The van der Waals surface area contributed by atoms with E-state index in [1.165, 1.54) is 33.1 Å². The zero-order valence-electron chi connectivity index (χ0n) is 21.2. The van der Waals surface area contributed by atoms with Crippen molar-refractivity contribution in [2.75, 3.05) is 27.1 Å². The first-order valence-electron chi connectivity index (χ1n) is 11.7. The Morgan fingerprint density at radius 2 is 1.67 bits per heavy atom. The van der Waals surface area contributed by atoms with Gasteiger partial charge in [0.15, 0.2) is 28.2 Å². The second-order valence-electron chi connectivity index (χ2n) is 8.06. The van der Waals surface area contributed by atoms with E-state index < -0.39 is 11.9 Å². The van der Waals surface area contributed by atoms with E-state index in [1.54, 1.807) is 36.4 Å². The first kappa shape index (κ1) is 25.8. The van der Waals surface area contributed by atoms with Crippen molar-refractivity contribution in [2.24, 2.45) is 5.10 Å². The van der Waals surface area contributed by atoms with Gasteiger partial charge in [-0.2, -0.15) is 5.10 Å². The number of aromatic nitrogens is 3. The van der Waals surface area contributed by atoms with Gasteiger partial charge in [-0.25, -0.2) is 10.2 Å². The van der Waals surface area contributed by atoms with Gasteiger partial charge in [0.25, 0.3) is 5.91 Å². The molecule has 198 valence electrons. The number of hydrogen-bond acceptors (Lipinski definition) is 10. The van der Waals surface area contributed by atoms with E-state index >= 15 is 0 Å². The monoisotopic (exact) mass is 545 g/mol. The molecule has 0 unspecified atom stereocenters. The Kier molecular flexibility index (Phi) is 7.46. The fourth-order valence-electron chi connectivity index (χ4n) is 3.97. The minimum Gasteiger partial charge on any atom is -0.493 e. The summed E-state index contributed by atoms with van der Waals surface area (Å²) in [6.07, 6.45) is 0. The molecule has 0 radical (unpaired) electrons. The molecule has 11 nitrogen and oxygen atoms in total. The number of nitrogens with one attached hydrogen (secondary N) is 1. The van der Waals surface area contributed by atoms with Crippen LogP contribution in [0.25, 0.3) is 17.1 Å². The van der Waals surface area contributed by atoms with E-state index in [2.05, 4.69) is 20.7 Å². The topological polar surface area (TPSA) is 126 Å². The van der Waals surface area contributed by atoms with Gasteiger partial charge in [-0.3, -0.25) is 9.36 Å². The van der Waals surface area contributed by atoms with Gasteiger partial charge >= 0.3 is 5.97 Å². The van der Waals surface area contributed by atoms with Gasteiger partial charge in [0.1, 0.15) is 5.75 Å². The first-order chi connectivity index (χ1) is 19.0. The summed E-state index contributed by atoms with van der Waals surface area (Å²) < 4.78 is 23.4. The molecule has 3 aromatic carbocycles. The number of benzene rings is 3. The number of esters is 1. The largest absolute Gasteiger partial charge is 0.493 e. The van der Waals surface area contributed by atoms with Gasteiger partial charge in [-0.05, 0) is 36.4 Å². The Hall–Kier alpha value is -4.84. The molecule has 0 aliphatic carbocycles. The van der Waals surface area contributed by atoms with E-state index in [4.69, 9.17) is 18.9 Å². The van der Waals surface area contributed by atoms with E-state index in [9.17, 15) is 9.59 Å². The van der Waals surface area contributed by atoms with Crippen molar-refractivity contribution in [1.29, 1.82) is 0 Å². The lowest BCUT2D eigenvalue weighted by Gasteiger charge is -2.15. The quantitative estimate of drug-likeness (QED) is 0.146. The molecule has 0 atom stereocenters. The van der Waals surface area contributed by atoms with Crippen molar-refractivity contribution in [3.8, 4) is 40.1 Å². The SMILES string of the molecule is COc1cc(-c2nnc(SCC(=O)N/N=C3\C(=O)Oc4ccccc43)n2-c2ccccc2)cc(OC)c1OC. The summed E-state index contributed by atoms with van der Waals surface area (Å²) in [6.45, 7) is 0. The third-order valence-electron chi connectivity index (χ3n) is 5.73. The third-order valence-corrected chi connectivity index (χ3v) is 6.66. The van der Waals surface area contributed by atoms with Crippen LogP contribution in [0.1, 0.15) is 5.56 Å². The van der Waals surface area contributed by atoms with Gasteiger partial charge in [0.2, 0.25) is 5.75 Å². The normalized spacial score (nSPS) is 13.1. The molecule has 5 rings (SSSR count). The van der Waals surface area contributed by atoms with Crippen LogP contribution in [-0.2, 0) is 9.59 Å².